The molecular formula is C11H21N3O. The molecule has 4 nitrogen and oxygen atoms in total. The maximum Gasteiger partial charge on any atom is 0.236 e. The number of hydrogen-bond donors (Lipinski definition) is 1. The van der Waals surface area contributed by atoms with Crippen LogP contribution in [-0.2, 0) is 4.79 Å². The van der Waals surface area contributed by atoms with Crippen LogP contribution < -0.4 is 5.32 Å². The van der Waals surface area contributed by atoms with Crippen molar-refractivity contribution in [1.29, 1.82) is 0 Å². The van der Waals surface area contributed by atoms with Crippen molar-refractivity contribution in [2.24, 2.45) is 5.92 Å². The molecule has 0 bridgehead atoms. The molecule has 1 amide bonds. The highest BCUT2D eigenvalue weighted by atomic mass is 16.2. The molecule has 2 saturated heterocycles. The van der Waals surface area contributed by atoms with E-state index in [9.17, 15) is 4.79 Å². The Morgan fingerprint density at radius 1 is 1.47 bits per heavy atom. The van der Waals surface area contributed by atoms with Gasteiger partial charge in [0, 0.05) is 26.2 Å². The van der Waals surface area contributed by atoms with Crippen LogP contribution in [0.1, 0.15) is 12.8 Å². The zero-order valence-electron chi connectivity index (χ0n) is 9.54. The first-order valence-electron chi connectivity index (χ1n) is 5.93. The first kappa shape index (κ1) is 10.9. The molecular weight excluding hydrogens is 190 g/mol. The molecule has 2 heterocycles. The van der Waals surface area contributed by atoms with E-state index in [1.54, 1.807) is 0 Å². The van der Waals surface area contributed by atoms with Crippen molar-refractivity contribution >= 4 is 5.91 Å². The molecule has 0 radical (unpaired) electrons. The van der Waals surface area contributed by atoms with Gasteiger partial charge in [0.1, 0.15) is 0 Å². The van der Waals surface area contributed by atoms with E-state index in [4.69, 9.17) is 0 Å². The van der Waals surface area contributed by atoms with Gasteiger partial charge in [-0.25, -0.2) is 0 Å². The summed E-state index contributed by atoms with van der Waals surface area (Å²) in [7, 11) is 2.17. The second-order valence-electron chi connectivity index (χ2n) is 4.79. The van der Waals surface area contributed by atoms with Gasteiger partial charge >= 0.3 is 0 Å². The summed E-state index contributed by atoms with van der Waals surface area (Å²) in [5.74, 6) is 0.959. The van der Waals surface area contributed by atoms with Crippen LogP contribution in [0.4, 0.5) is 0 Å². The van der Waals surface area contributed by atoms with Crippen molar-refractivity contribution in [3.63, 3.8) is 0 Å². The molecule has 0 aromatic carbocycles. The van der Waals surface area contributed by atoms with E-state index in [0.29, 0.717) is 12.5 Å². The van der Waals surface area contributed by atoms with Crippen LogP contribution >= 0.6 is 0 Å². The van der Waals surface area contributed by atoms with Gasteiger partial charge in [0.05, 0.1) is 6.54 Å². The average Bonchev–Trinajstić information content (AvgIpc) is 2.22. The predicted molar refractivity (Wildman–Crippen MR) is 59.7 cm³/mol. The molecule has 2 aliphatic rings. The molecule has 2 rings (SSSR count). The number of hydrogen-bond acceptors (Lipinski definition) is 3. The van der Waals surface area contributed by atoms with Crippen molar-refractivity contribution in [2.45, 2.75) is 12.8 Å². The molecule has 1 atom stereocenters. The Bertz CT molecular complexity index is 232. The van der Waals surface area contributed by atoms with E-state index >= 15 is 0 Å². The van der Waals surface area contributed by atoms with Gasteiger partial charge in [0.25, 0.3) is 0 Å². The van der Waals surface area contributed by atoms with Crippen LogP contribution in [0.3, 0.4) is 0 Å². The van der Waals surface area contributed by atoms with Crippen molar-refractivity contribution in [3.8, 4) is 0 Å². The number of amides is 1. The van der Waals surface area contributed by atoms with Crippen molar-refractivity contribution < 1.29 is 4.79 Å². The van der Waals surface area contributed by atoms with E-state index in [1.807, 2.05) is 4.90 Å². The summed E-state index contributed by atoms with van der Waals surface area (Å²) in [6.07, 6.45) is 2.56. The largest absolute Gasteiger partial charge is 0.340 e. The molecule has 0 aliphatic carbocycles. The Kier molecular flexibility index (Phi) is 3.59. The first-order valence-corrected chi connectivity index (χ1v) is 5.93. The van der Waals surface area contributed by atoms with Gasteiger partial charge in [-0.15, -0.1) is 0 Å². The van der Waals surface area contributed by atoms with Gasteiger partial charge in [-0.1, -0.05) is 0 Å². The van der Waals surface area contributed by atoms with Gasteiger partial charge in [0.2, 0.25) is 5.91 Å². The number of piperidine rings is 1. The molecule has 0 spiro atoms. The number of piperazine rings is 1. The number of carbonyl (C=O) groups is 1. The van der Waals surface area contributed by atoms with Crippen molar-refractivity contribution in [3.05, 3.63) is 0 Å². The van der Waals surface area contributed by atoms with Crippen LogP contribution in [0, 0.1) is 5.92 Å². The van der Waals surface area contributed by atoms with Crippen molar-refractivity contribution in [1.82, 2.24) is 15.1 Å². The standard InChI is InChI=1S/C11H21N3O/c1-13-5-2-3-10(8-13)9-14-6-4-12-7-11(14)15/h10,12H,2-9H2,1H3. The van der Waals surface area contributed by atoms with Crippen LogP contribution in [0.25, 0.3) is 0 Å². The molecule has 1 N–H and O–H groups in total. The van der Waals surface area contributed by atoms with Gasteiger partial charge in [-0.05, 0) is 32.4 Å². The zero-order chi connectivity index (χ0) is 10.7. The van der Waals surface area contributed by atoms with Crippen LogP contribution in [-0.4, -0.2) is 62.0 Å². The summed E-state index contributed by atoms with van der Waals surface area (Å²) in [6.45, 7) is 5.70. The molecule has 0 aromatic rings. The molecule has 0 saturated carbocycles. The Morgan fingerprint density at radius 3 is 3.07 bits per heavy atom. The first-order chi connectivity index (χ1) is 7.25. The second-order valence-corrected chi connectivity index (χ2v) is 4.79. The number of nitrogens with zero attached hydrogens (tertiary/aromatic N) is 2. The smallest absolute Gasteiger partial charge is 0.236 e. The third-order valence-electron chi connectivity index (χ3n) is 3.39. The summed E-state index contributed by atoms with van der Waals surface area (Å²) in [6, 6.07) is 0. The third kappa shape index (κ3) is 2.92. The fourth-order valence-corrected chi connectivity index (χ4v) is 2.57. The Morgan fingerprint density at radius 2 is 2.33 bits per heavy atom. The van der Waals surface area contributed by atoms with E-state index in [2.05, 4.69) is 17.3 Å². The monoisotopic (exact) mass is 211 g/mol. The number of nitrogens with one attached hydrogen (secondary N) is 1. The lowest BCUT2D eigenvalue weighted by Crippen LogP contribution is -2.51. The highest BCUT2D eigenvalue weighted by Crippen LogP contribution is 2.16. The van der Waals surface area contributed by atoms with Crippen LogP contribution in [0.5, 0.6) is 0 Å². The van der Waals surface area contributed by atoms with Gasteiger partial charge in [0.15, 0.2) is 0 Å². The molecule has 15 heavy (non-hydrogen) atoms. The third-order valence-corrected chi connectivity index (χ3v) is 3.39. The fourth-order valence-electron chi connectivity index (χ4n) is 2.57. The van der Waals surface area contributed by atoms with Crippen molar-refractivity contribution in [2.75, 3.05) is 46.3 Å². The second kappa shape index (κ2) is 4.94. The average molecular weight is 211 g/mol. The van der Waals surface area contributed by atoms with Gasteiger partial charge < -0.3 is 15.1 Å². The minimum atomic E-state index is 0.273. The molecule has 86 valence electrons. The van der Waals surface area contributed by atoms with Gasteiger partial charge in [-0.2, -0.15) is 0 Å². The Balaban J connectivity index is 1.81. The summed E-state index contributed by atoms with van der Waals surface area (Å²) in [4.78, 5) is 16.0. The van der Waals surface area contributed by atoms with Crippen LogP contribution in [0.2, 0.25) is 0 Å². The maximum atomic E-state index is 11.6. The van der Waals surface area contributed by atoms with E-state index < -0.39 is 0 Å². The summed E-state index contributed by atoms with van der Waals surface area (Å²) in [5.41, 5.74) is 0. The summed E-state index contributed by atoms with van der Waals surface area (Å²) in [5, 5.41) is 3.11. The van der Waals surface area contributed by atoms with E-state index in [-0.39, 0.29) is 5.91 Å². The SMILES string of the molecule is CN1CCCC(CN2CCNCC2=O)C1. The highest BCUT2D eigenvalue weighted by molar-refractivity contribution is 5.78. The quantitative estimate of drug-likeness (QED) is 0.685. The zero-order valence-corrected chi connectivity index (χ0v) is 9.54. The molecule has 4 heteroatoms. The van der Waals surface area contributed by atoms with Crippen LogP contribution in [0.15, 0.2) is 0 Å². The lowest BCUT2D eigenvalue weighted by Gasteiger charge is -2.35. The van der Waals surface area contributed by atoms with E-state index in [1.165, 1.54) is 19.4 Å². The van der Waals surface area contributed by atoms with E-state index in [0.717, 1.165) is 26.2 Å². The minimum absolute atomic E-state index is 0.273. The number of carbonyl (C=O) groups excluding carboxylic acids is 1. The summed E-state index contributed by atoms with van der Waals surface area (Å²) < 4.78 is 0. The predicted octanol–water partition coefficient (Wildman–Crippen LogP) is -0.240. The lowest BCUT2D eigenvalue weighted by atomic mass is 9.97. The molecule has 0 aromatic heterocycles. The maximum absolute atomic E-state index is 11.6. The summed E-state index contributed by atoms with van der Waals surface area (Å²) >= 11 is 0. The molecule has 1 unspecified atom stereocenters. The normalized spacial score (nSPS) is 29.5. The Labute approximate surface area is 91.6 Å². The molecule has 2 aliphatic heterocycles. The Hall–Kier alpha value is -0.610. The fraction of sp³-hybridized carbons (Fsp3) is 0.909. The lowest BCUT2D eigenvalue weighted by molar-refractivity contribution is -0.132. The van der Waals surface area contributed by atoms with Gasteiger partial charge in [-0.3, -0.25) is 4.79 Å². The highest BCUT2D eigenvalue weighted by Gasteiger charge is 2.24. The number of rotatable bonds is 2. The minimum Gasteiger partial charge on any atom is -0.340 e. The number of likely N-dealkylation sites (tertiary alicyclic amines) is 1. The molecule has 2 fully saturated rings. The topological polar surface area (TPSA) is 35.6 Å².